The summed E-state index contributed by atoms with van der Waals surface area (Å²) in [4.78, 5) is 12.1. The van der Waals surface area contributed by atoms with Gasteiger partial charge in [0, 0.05) is 6.07 Å². The molecular weight excluding hydrogens is 337 g/mol. The summed E-state index contributed by atoms with van der Waals surface area (Å²) in [6, 6.07) is 14.5. The summed E-state index contributed by atoms with van der Waals surface area (Å²) in [5.41, 5.74) is 1.11. The summed E-state index contributed by atoms with van der Waals surface area (Å²) in [6.07, 6.45) is 0.0589. The van der Waals surface area contributed by atoms with Gasteiger partial charge in [-0.25, -0.2) is 9.18 Å². The van der Waals surface area contributed by atoms with Gasteiger partial charge < -0.3 is 14.0 Å². The Labute approximate surface area is 150 Å². The fraction of sp³-hybridized carbons (Fsp3) is 0.200. The van der Waals surface area contributed by atoms with Gasteiger partial charge in [0.2, 0.25) is 0 Å². The molecule has 3 rings (SSSR count). The smallest absolute Gasteiger partial charge is 0.338 e. The summed E-state index contributed by atoms with van der Waals surface area (Å²) in [5.74, 6) is 0.0688. The van der Waals surface area contributed by atoms with E-state index in [0.717, 1.165) is 0 Å². The van der Waals surface area contributed by atoms with E-state index in [0.29, 0.717) is 22.6 Å². The Hall–Kier alpha value is -3.15. The van der Waals surface area contributed by atoms with Crippen molar-refractivity contribution in [2.75, 3.05) is 0 Å². The van der Waals surface area contributed by atoms with E-state index in [2.05, 4.69) is 5.16 Å². The normalized spacial score (nSPS) is 10.8. The van der Waals surface area contributed by atoms with E-state index in [-0.39, 0.29) is 18.5 Å². The fourth-order valence-corrected chi connectivity index (χ4v) is 2.33. The van der Waals surface area contributed by atoms with Crippen molar-refractivity contribution in [2.24, 2.45) is 0 Å². The van der Waals surface area contributed by atoms with Crippen LogP contribution in [0.4, 0.5) is 4.39 Å². The maximum Gasteiger partial charge on any atom is 0.338 e. The van der Waals surface area contributed by atoms with E-state index >= 15 is 0 Å². The van der Waals surface area contributed by atoms with Crippen LogP contribution in [0.3, 0.4) is 0 Å². The van der Waals surface area contributed by atoms with Crippen molar-refractivity contribution in [3.63, 3.8) is 0 Å². The van der Waals surface area contributed by atoms with Crippen LogP contribution in [-0.2, 0) is 11.3 Å². The van der Waals surface area contributed by atoms with Crippen LogP contribution in [0.2, 0.25) is 0 Å². The summed E-state index contributed by atoms with van der Waals surface area (Å²) < 4.78 is 29.6. The van der Waals surface area contributed by atoms with Gasteiger partial charge in [-0.3, -0.25) is 0 Å². The van der Waals surface area contributed by atoms with Gasteiger partial charge in [-0.05, 0) is 50.2 Å². The average molecular weight is 355 g/mol. The molecule has 0 aliphatic heterocycles. The second kappa shape index (κ2) is 7.82. The Balaban J connectivity index is 1.61. The molecule has 0 N–H and O–H groups in total. The SMILES string of the molecule is CC(C)Oc1ccc(C(=O)OCc2cc(-c3ccccc3F)on2)cc1. The Morgan fingerprint density at radius 1 is 1.15 bits per heavy atom. The first kappa shape index (κ1) is 17.7. The zero-order chi connectivity index (χ0) is 18.5. The van der Waals surface area contributed by atoms with Gasteiger partial charge in [0.15, 0.2) is 5.76 Å². The number of esters is 1. The van der Waals surface area contributed by atoms with Crippen molar-refractivity contribution in [1.82, 2.24) is 5.16 Å². The minimum Gasteiger partial charge on any atom is -0.491 e. The van der Waals surface area contributed by atoms with Crippen LogP contribution in [0.5, 0.6) is 5.75 Å². The predicted octanol–water partition coefficient (Wildman–Crippen LogP) is 4.62. The van der Waals surface area contributed by atoms with Crippen LogP contribution < -0.4 is 4.74 Å². The summed E-state index contributed by atoms with van der Waals surface area (Å²) in [7, 11) is 0. The second-order valence-electron chi connectivity index (χ2n) is 5.93. The number of hydrogen-bond acceptors (Lipinski definition) is 5. The molecule has 5 nitrogen and oxygen atoms in total. The Morgan fingerprint density at radius 2 is 1.88 bits per heavy atom. The van der Waals surface area contributed by atoms with E-state index < -0.39 is 11.8 Å². The van der Waals surface area contributed by atoms with Gasteiger partial charge in [-0.15, -0.1) is 0 Å². The molecule has 0 unspecified atom stereocenters. The first-order valence-electron chi connectivity index (χ1n) is 8.17. The topological polar surface area (TPSA) is 61.6 Å². The van der Waals surface area contributed by atoms with E-state index in [1.54, 1.807) is 48.5 Å². The van der Waals surface area contributed by atoms with Crippen LogP contribution in [0, 0.1) is 5.82 Å². The Bertz CT molecular complexity index is 887. The number of halogens is 1. The van der Waals surface area contributed by atoms with Gasteiger partial charge in [0.05, 0.1) is 17.2 Å². The van der Waals surface area contributed by atoms with Crippen LogP contribution in [0.25, 0.3) is 11.3 Å². The van der Waals surface area contributed by atoms with E-state index in [1.807, 2.05) is 13.8 Å². The number of rotatable bonds is 6. The van der Waals surface area contributed by atoms with Crippen molar-refractivity contribution in [3.8, 4) is 17.1 Å². The third-order valence-electron chi connectivity index (χ3n) is 3.51. The quantitative estimate of drug-likeness (QED) is 0.604. The zero-order valence-electron chi connectivity index (χ0n) is 14.4. The molecule has 0 saturated carbocycles. The van der Waals surface area contributed by atoms with Gasteiger partial charge in [0.25, 0.3) is 0 Å². The zero-order valence-corrected chi connectivity index (χ0v) is 14.4. The molecule has 3 aromatic rings. The number of carbonyl (C=O) groups is 1. The molecule has 0 aliphatic carbocycles. The monoisotopic (exact) mass is 355 g/mol. The Morgan fingerprint density at radius 3 is 2.58 bits per heavy atom. The molecule has 0 amide bonds. The van der Waals surface area contributed by atoms with Gasteiger partial charge in [0.1, 0.15) is 23.9 Å². The molecule has 0 fully saturated rings. The van der Waals surface area contributed by atoms with E-state index in [4.69, 9.17) is 14.0 Å². The highest BCUT2D eigenvalue weighted by atomic mass is 19.1. The first-order valence-corrected chi connectivity index (χ1v) is 8.17. The molecule has 1 heterocycles. The first-order chi connectivity index (χ1) is 12.5. The number of aromatic nitrogens is 1. The van der Waals surface area contributed by atoms with E-state index in [9.17, 15) is 9.18 Å². The van der Waals surface area contributed by atoms with E-state index in [1.165, 1.54) is 6.07 Å². The van der Waals surface area contributed by atoms with Crippen molar-refractivity contribution in [3.05, 3.63) is 71.7 Å². The third-order valence-corrected chi connectivity index (χ3v) is 3.51. The van der Waals surface area contributed by atoms with Crippen molar-refractivity contribution >= 4 is 5.97 Å². The molecule has 2 aromatic carbocycles. The molecule has 26 heavy (non-hydrogen) atoms. The lowest BCUT2D eigenvalue weighted by molar-refractivity contribution is 0.0464. The predicted molar refractivity (Wildman–Crippen MR) is 93.2 cm³/mol. The molecule has 0 bridgehead atoms. The highest BCUT2D eigenvalue weighted by Gasteiger charge is 2.13. The van der Waals surface area contributed by atoms with Crippen LogP contribution in [0.1, 0.15) is 29.9 Å². The van der Waals surface area contributed by atoms with Gasteiger partial charge in [-0.1, -0.05) is 17.3 Å². The lowest BCUT2D eigenvalue weighted by Gasteiger charge is -2.09. The largest absolute Gasteiger partial charge is 0.491 e. The maximum atomic E-state index is 13.7. The molecule has 0 aliphatic rings. The number of benzene rings is 2. The lowest BCUT2D eigenvalue weighted by Crippen LogP contribution is -2.07. The Kier molecular flexibility index (Phi) is 5.31. The van der Waals surface area contributed by atoms with Gasteiger partial charge in [-0.2, -0.15) is 0 Å². The molecule has 0 atom stereocenters. The minimum atomic E-state index is -0.489. The number of hydrogen-bond donors (Lipinski definition) is 0. The molecule has 1 aromatic heterocycles. The summed E-state index contributed by atoms with van der Waals surface area (Å²) >= 11 is 0. The second-order valence-corrected chi connectivity index (χ2v) is 5.93. The number of ether oxygens (including phenoxy) is 2. The molecule has 0 spiro atoms. The van der Waals surface area contributed by atoms with Crippen molar-refractivity contribution in [1.29, 1.82) is 0 Å². The van der Waals surface area contributed by atoms with Crippen molar-refractivity contribution < 1.29 is 23.2 Å². The number of nitrogens with zero attached hydrogens (tertiary/aromatic N) is 1. The van der Waals surface area contributed by atoms with Crippen LogP contribution >= 0.6 is 0 Å². The minimum absolute atomic E-state index is 0.0589. The summed E-state index contributed by atoms with van der Waals surface area (Å²) in [5, 5.41) is 3.81. The standard InChI is InChI=1S/C20H18FNO4/c1-13(2)25-16-9-7-14(8-10-16)20(23)24-12-15-11-19(26-22-15)17-5-3-4-6-18(17)21/h3-11,13H,12H2,1-2H3. The van der Waals surface area contributed by atoms with Crippen LogP contribution in [-0.4, -0.2) is 17.2 Å². The molecule has 0 saturated heterocycles. The molecule has 0 radical (unpaired) electrons. The number of carbonyl (C=O) groups excluding carboxylic acids is 1. The molecule has 134 valence electrons. The highest BCUT2D eigenvalue weighted by molar-refractivity contribution is 5.89. The lowest BCUT2D eigenvalue weighted by atomic mass is 10.1. The van der Waals surface area contributed by atoms with Gasteiger partial charge >= 0.3 is 5.97 Å². The maximum absolute atomic E-state index is 13.7. The highest BCUT2D eigenvalue weighted by Crippen LogP contribution is 2.23. The van der Waals surface area contributed by atoms with Crippen molar-refractivity contribution in [2.45, 2.75) is 26.6 Å². The fourth-order valence-electron chi connectivity index (χ4n) is 2.33. The molecular formula is C20H18FNO4. The van der Waals surface area contributed by atoms with Crippen LogP contribution in [0.15, 0.2) is 59.1 Å². The average Bonchev–Trinajstić information content (AvgIpc) is 3.09. The summed E-state index contributed by atoms with van der Waals surface area (Å²) in [6.45, 7) is 3.78. The third kappa shape index (κ3) is 4.27. The molecule has 6 heteroatoms.